The Kier molecular flexibility index (Phi) is 4.61. The summed E-state index contributed by atoms with van der Waals surface area (Å²) in [6, 6.07) is 0. The number of hydrogen-bond donors (Lipinski definition) is 1. The second-order valence-corrected chi connectivity index (χ2v) is 5.58. The second kappa shape index (κ2) is 6.21. The lowest BCUT2D eigenvalue weighted by atomic mass is 9.78. The summed E-state index contributed by atoms with van der Waals surface area (Å²) in [6.45, 7) is 1.64. The SMILES string of the molecule is O=C(O)[C@H]1CCCC[C@@H]1C(=O)N1CCCCCC1. The Morgan fingerprint density at radius 2 is 1.39 bits per heavy atom. The molecule has 1 amide bonds. The average molecular weight is 253 g/mol. The van der Waals surface area contributed by atoms with Gasteiger partial charge in [-0.3, -0.25) is 9.59 Å². The lowest BCUT2D eigenvalue weighted by Gasteiger charge is -2.32. The maximum absolute atomic E-state index is 12.5. The van der Waals surface area contributed by atoms with Crippen molar-refractivity contribution in [2.75, 3.05) is 13.1 Å². The lowest BCUT2D eigenvalue weighted by molar-refractivity contribution is -0.152. The first-order valence-corrected chi connectivity index (χ1v) is 7.22. The van der Waals surface area contributed by atoms with E-state index in [2.05, 4.69) is 0 Å². The summed E-state index contributed by atoms with van der Waals surface area (Å²) < 4.78 is 0. The molecule has 0 aromatic rings. The van der Waals surface area contributed by atoms with Gasteiger partial charge in [0.05, 0.1) is 11.8 Å². The zero-order chi connectivity index (χ0) is 13.0. The Balaban J connectivity index is 2.02. The average Bonchev–Trinajstić information content (AvgIpc) is 2.66. The number of carboxylic acid groups (broad SMARTS) is 1. The maximum Gasteiger partial charge on any atom is 0.307 e. The van der Waals surface area contributed by atoms with Gasteiger partial charge in [0, 0.05) is 13.1 Å². The van der Waals surface area contributed by atoms with Gasteiger partial charge in [-0.15, -0.1) is 0 Å². The van der Waals surface area contributed by atoms with Crippen LogP contribution in [0.2, 0.25) is 0 Å². The van der Waals surface area contributed by atoms with E-state index in [9.17, 15) is 14.7 Å². The maximum atomic E-state index is 12.5. The first-order chi connectivity index (χ1) is 8.70. The molecule has 2 atom stereocenters. The highest BCUT2D eigenvalue weighted by molar-refractivity contribution is 5.85. The fourth-order valence-corrected chi connectivity index (χ4v) is 3.25. The molecule has 1 saturated heterocycles. The largest absolute Gasteiger partial charge is 0.481 e. The van der Waals surface area contributed by atoms with E-state index in [1.807, 2.05) is 4.90 Å². The molecule has 102 valence electrons. The van der Waals surface area contributed by atoms with E-state index in [1.54, 1.807) is 0 Å². The Hall–Kier alpha value is -1.06. The summed E-state index contributed by atoms with van der Waals surface area (Å²) >= 11 is 0. The van der Waals surface area contributed by atoms with Crippen LogP contribution in [-0.2, 0) is 9.59 Å². The van der Waals surface area contributed by atoms with Gasteiger partial charge in [0.2, 0.25) is 5.91 Å². The topological polar surface area (TPSA) is 57.6 Å². The number of amides is 1. The third kappa shape index (κ3) is 3.03. The first kappa shape index (κ1) is 13.4. The van der Waals surface area contributed by atoms with Gasteiger partial charge in [0.1, 0.15) is 0 Å². The second-order valence-electron chi connectivity index (χ2n) is 5.58. The Labute approximate surface area is 108 Å². The highest BCUT2D eigenvalue weighted by Crippen LogP contribution is 2.32. The van der Waals surface area contributed by atoms with Crippen molar-refractivity contribution < 1.29 is 14.7 Å². The van der Waals surface area contributed by atoms with Gasteiger partial charge in [0.15, 0.2) is 0 Å². The summed E-state index contributed by atoms with van der Waals surface area (Å²) in [4.78, 5) is 25.6. The summed E-state index contributed by atoms with van der Waals surface area (Å²) in [5.74, 6) is -1.41. The standard InChI is InChI=1S/C14H23NO3/c16-13(15-9-5-1-2-6-10-15)11-7-3-4-8-12(11)14(17)18/h11-12H,1-10H2,(H,17,18)/t11-,12-/m0/s1. The minimum Gasteiger partial charge on any atom is -0.481 e. The van der Waals surface area contributed by atoms with Crippen molar-refractivity contribution in [2.45, 2.75) is 51.4 Å². The van der Waals surface area contributed by atoms with Crippen molar-refractivity contribution in [3.63, 3.8) is 0 Å². The number of aliphatic carboxylic acids is 1. The predicted octanol–water partition coefficient (Wildman–Crippen LogP) is 2.28. The number of hydrogen-bond acceptors (Lipinski definition) is 2. The fourth-order valence-electron chi connectivity index (χ4n) is 3.25. The molecule has 2 aliphatic rings. The molecular weight excluding hydrogens is 230 g/mol. The first-order valence-electron chi connectivity index (χ1n) is 7.22. The van der Waals surface area contributed by atoms with Crippen LogP contribution in [0.5, 0.6) is 0 Å². The van der Waals surface area contributed by atoms with Crippen LogP contribution < -0.4 is 0 Å². The Morgan fingerprint density at radius 3 is 1.94 bits per heavy atom. The van der Waals surface area contributed by atoms with Crippen LogP contribution in [0.4, 0.5) is 0 Å². The number of carboxylic acids is 1. The van der Waals surface area contributed by atoms with E-state index < -0.39 is 11.9 Å². The van der Waals surface area contributed by atoms with Crippen molar-refractivity contribution >= 4 is 11.9 Å². The molecule has 0 aromatic carbocycles. The van der Waals surface area contributed by atoms with Crippen molar-refractivity contribution in [2.24, 2.45) is 11.8 Å². The highest BCUT2D eigenvalue weighted by Gasteiger charge is 2.37. The molecule has 2 rings (SSSR count). The number of carbonyl (C=O) groups excluding carboxylic acids is 1. The van der Waals surface area contributed by atoms with Crippen LogP contribution in [0.25, 0.3) is 0 Å². The molecule has 0 unspecified atom stereocenters. The third-order valence-electron chi connectivity index (χ3n) is 4.32. The van der Waals surface area contributed by atoms with Crippen LogP contribution in [-0.4, -0.2) is 35.0 Å². The van der Waals surface area contributed by atoms with Crippen LogP contribution in [0.15, 0.2) is 0 Å². The van der Waals surface area contributed by atoms with Crippen LogP contribution in [0.1, 0.15) is 51.4 Å². The van der Waals surface area contributed by atoms with E-state index in [0.29, 0.717) is 6.42 Å². The van der Waals surface area contributed by atoms with E-state index in [0.717, 1.165) is 45.2 Å². The van der Waals surface area contributed by atoms with Gasteiger partial charge in [0.25, 0.3) is 0 Å². The fraction of sp³-hybridized carbons (Fsp3) is 0.857. The molecule has 1 aliphatic carbocycles. The quantitative estimate of drug-likeness (QED) is 0.821. The summed E-state index contributed by atoms with van der Waals surface area (Å²) in [6.07, 6.45) is 7.88. The molecule has 1 heterocycles. The van der Waals surface area contributed by atoms with Crippen molar-refractivity contribution in [1.82, 2.24) is 4.90 Å². The number of carbonyl (C=O) groups is 2. The van der Waals surface area contributed by atoms with Crippen LogP contribution >= 0.6 is 0 Å². The van der Waals surface area contributed by atoms with Crippen molar-refractivity contribution in [3.05, 3.63) is 0 Å². The summed E-state index contributed by atoms with van der Waals surface area (Å²) in [5.41, 5.74) is 0. The minimum absolute atomic E-state index is 0.101. The van der Waals surface area contributed by atoms with Crippen LogP contribution in [0.3, 0.4) is 0 Å². The van der Waals surface area contributed by atoms with Gasteiger partial charge < -0.3 is 10.0 Å². The van der Waals surface area contributed by atoms with E-state index in [4.69, 9.17) is 0 Å². The van der Waals surface area contributed by atoms with Crippen molar-refractivity contribution in [3.8, 4) is 0 Å². The third-order valence-corrected chi connectivity index (χ3v) is 4.32. The zero-order valence-corrected chi connectivity index (χ0v) is 10.9. The molecule has 0 radical (unpaired) electrons. The number of rotatable bonds is 2. The molecule has 0 aromatic heterocycles. The molecule has 2 fully saturated rings. The zero-order valence-electron chi connectivity index (χ0n) is 10.9. The molecule has 18 heavy (non-hydrogen) atoms. The molecule has 1 N–H and O–H groups in total. The van der Waals surface area contributed by atoms with Gasteiger partial charge in [-0.1, -0.05) is 25.7 Å². The van der Waals surface area contributed by atoms with Crippen LogP contribution in [0, 0.1) is 11.8 Å². The van der Waals surface area contributed by atoms with Gasteiger partial charge in [-0.2, -0.15) is 0 Å². The predicted molar refractivity (Wildman–Crippen MR) is 68.1 cm³/mol. The molecule has 1 saturated carbocycles. The molecule has 1 aliphatic heterocycles. The van der Waals surface area contributed by atoms with Crippen molar-refractivity contribution in [1.29, 1.82) is 0 Å². The molecule has 0 bridgehead atoms. The van der Waals surface area contributed by atoms with Gasteiger partial charge in [-0.05, 0) is 25.7 Å². The van der Waals surface area contributed by atoms with Gasteiger partial charge >= 0.3 is 5.97 Å². The molecule has 4 nitrogen and oxygen atoms in total. The minimum atomic E-state index is -0.789. The normalized spacial score (nSPS) is 29.7. The number of nitrogens with zero attached hydrogens (tertiary/aromatic N) is 1. The smallest absolute Gasteiger partial charge is 0.307 e. The number of likely N-dealkylation sites (tertiary alicyclic amines) is 1. The lowest BCUT2D eigenvalue weighted by Crippen LogP contribution is -2.42. The summed E-state index contributed by atoms with van der Waals surface area (Å²) in [7, 11) is 0. The van der Waals surface area contributed by atoms with E-state index >= 15 is 0 Å². The monoisotopic (exact) mass is 253 g/mol. The van der Waals surface area contributed by atoms with E-state index in [1.165, 1.54) is 12.8 Å². The molecular formula is C14H23NO3. The van der Waals surface area contributed by atoms with E-state index in [-0.39, 0.29) is 11.8 Å². The Morgan fingerprint density at radius 1 is 0.833 bits per heavy atom. The Bertz CT molecular complexity index is 308. The highest BCUT2D eigenvalue weighted by atomic mass is 16.4. The molecule has 4 heteroatoms. The summed E-state index contributed by atoms with van der Waals surface area (Å²) in [5, 5.41) is 9.24. The van der Waals surface area contributed by atoms with Gasteiger partial charge in [-0.25, -0.2) is 0 Å². The molecule has 0 spiro atoms.